The fourth-order valence-corrected chi connectivity index (χ4v) is 3.76. The molecule has 0 aliphatic rings. The van der Waals surface area contributed by atoms with Gasteiger partial charge in [0.1, 0.15) is 5.75 Å². The molecule has 0 aliphatic heterocycles. The number of urea groups is 1. The average Bonchev–Trinajstić information content (AvgIpc) is 2.93. The van der Waals surface area contributed by atoms with Crippen molar-refractivity contribution in [3.63, 3.8) is 0 Å². The van der Waals surface area contributed by atoms with Gasteiger partial charge in [0.15, 0.2) is 0 Å². The van der Waals surface area contributed by atoms with Gasteiger partial charge in [-0.2, -0.15) is 13.2 Å². The minimum Gasteiger partial charge on any atom is -0.494 e. The van der Waals surface area contributed by atoms with E-state index in [-0.39, 0.29) is 26.1 Å². The highest BCUT2D eigenvalue weighted by atomic mass is 19.4. The summed E-state index contributed by atoms with van der Waals surface area (Å²) < 4.78 is 44.7. The van der Waals surface area contributed by atoms with E-state index in [9.17, 15) is 27.6 Å². The van der Waals surface area contributed by atoms with Crippen molar-refractivity contribution < 1.29 is 37.4 Å². The molecule has 0 unspecified atom stereocenters. The van der Waals surface area contributed by atoms with Crippen molar-refractivity contribution in [1.29, 1.82) is 0 Å². The zero-order chi connectivity index (χ0) is 29.8. The van der Waals surface area contributed by atoms with Gasteiger partial charge in [0.05, 0.1) is 18.6 Å². The van der Waals surface area contributed by atoms with Crippen LogP contribution >= 0.6 is 0 Å². The Morgan fingerprint density at radius 1 is 0.878 bits per heavy atom. The van der Waals surface area contributed by atoms with E-state index >= 15 is 0 Å². The summed E-state index contributed by atoms with van der Waals surface area (Å²) >= 11 is 0. The number of rotatable bonds is 13. The van der Waals surface area contributed by atoms with Crippen molar-refractivity contribution in [3.05, 3.63) is 95.1 Å². The Kier molecular flexibility index (Phi) is 11.1. The summed E-state index contributed by atoms with van der Waals surface area (Å²) in [5.41, 5.74) is 1.23. The number of alkyl halides is 3. The molecule has 41 heavy (non-hydrogen) atoms. The second-order valence-corrected chi connectivity index (χ2v) is 9.30. The Balaban J connectivity index is 1.73. The van der Waals surface area contributed by atoms with Gasteiger partial charge in [-0.1, -0.05) is 37.6 Å². The predicted octanol–water partition coefficient (Wildman–Crippen LogP) is 6.32. The zero-order valence-corrected chi connectivity index (χ0v) is 22.5. The SMILES string of the molecule is CCCCOc1ccc(NC(=O)N(Cc2ccc(C(=O)NCCC(=O)O)cc2)Cc2ccc(C(F)(F)F)cc2)cc1. The quantitative estimate of drug-likeness (QED) is 0.208. The van der Waals surface area contributed by atoms with E-state index in [2.05, 4.69) is 17.6 Å². The molecule has 0 radical (unpaired) electrons. The third kappa shape index (κ3) is 10.2. The molecule has 0 fully saturated rings. The first-order chi connectivity index (χ1) is 19.5. The number of nitrogens with one attached hydrogen (secondary N) is 2. The van der Waals surface area contributed by atoms with Crippen LogP contribution < -0.4 is 15.4 Å². The zero-order valence-electron chi connectivity index (χ0n) is 22.5. The third-order valence-corrected chi connectivity index (χ3v) is 6.03. The highest BCUT2D eigenvalue weighted by Gasteiger charge is 2.30. The molecule has 0 bridgehead atoms. The molecule has 0 saturated carbocycles. The van der Waals surface area contributed by atoms with Gasteiger partial charge in [-0.15, -0.1) is 0 Å². The summed E-state index contributed by atoms with van der Waals surface area (Å²) in [4.78, 5) is 37.6. The molecule has 3 aromatic carbocycles. The van der Waals surface area contributed by atoms with Crippen LogP contribution in [0.4, 0.5) is 23.7 Å². The van der Waals surface area contributed by atoms with Crippen LogP contribution in [0.15, 0.2) is 72.8 Å². The van der Waals surface area contributed by atoms with Crippen molar-refractivity contribution >= 4 is 23.6 Å². The summed E-state index contributed by atoms with van der Waals surface area (Å²) in [6.07, 6.45) is -2.74. The Morgan fingerprint density at radius 3 is 2.00 bits per heavy atom. The predicted molar refractivity (Wildman–Crippen MR) is 148 cm³/mol. The molecule has 0 saturated heterocycles. The number of hydrogen-bond donors (Lipinski definition) is 3. The number of carboxylic acid groups (broad SMARTS) is 1. The van der Waals surface area contributed by atoms with Crippen LogP contribution in [0.5, 0.6) is 5.75 Å². The van der Waals surface area contributed by atoms with Gasteiger partial charge in [0.25, 0.3) is 5.91 Å². The Bertz CT molecular complexity index is 1290. The molecule has 3 rings (SSSR count). The summed E-state index contributed by atoms with van der Waals surface area (Å²) in [5.74, 6) is -0.785. The molecule has 3 aromatic rings. The molecule has 0 aromatic heterocycles. The maximum atomic E-state index is 13.3. The van der Waals surface area contributed by atoms with E-state index in [0.29, 0.717) is 34.7 Å². The molecule has 0 heterocycles. The first-order valence-corrected chi connectivity index (χ1v) is 13.1. The van der Waals surface area contributed by atoms with E-state index < -0.39 is 29.6 Å². The largest absolute Gasteiger partial charge is 0.494 e. The van der Waals surface area contributed by atoms with Crippen LogP contribution in [-0.4, -0.2) is 41.1 Å². The summed E-state index contributed by atoms with van der Waals surface area (Å²) in [5, 5.41) is 14.1. The number of unbranched alkanes of at least 4 members (excludes halogenated alkanes) is 1. The number of carboxylic acids is 1. The van der Waals surface area contributed by atoms with Crippen molar-refractivity contribution in [2.45, 2.75) is 45.5 Å². The Labute approximate surface area is 236 Å². The second-order valence-electron chi connectivity index (χ2n) is 9.30. The number of hydrogen-bond acceptors (Lipinski definition) is 4. The topological polar surface area (TPSA) is 108 Å². The van der Waals surface area contributed by atoms with Crippen LogP contribution in [-0.2, 0) is 24.1 Å². The van der Waals surface area contributed by atoms with E-state index in [4.69, 9.17) is 9.84 Å². The highest BCUT2D eigenvalue weighted by molar-refractivity contribution is 5.94. The van der Waals surface area contributed by atoms with E-state index in [1.54, 1.807) is 48.5 Å². The van der Waals surface area contributed by atoms with Gasteiger partial charge in [-0.3, -0.25) is 9.59 Å². The molecule has 0 aliphatic carbocycles. The van der Waals surface area contributed by atoms with Gasteiger partial charge in [0.2, 0.25) is 0 Å². The molecular formula is C30H32F3N3O5. The molecular weight excluding hydrogens is 539 g/mol. The molecule has 3 N–H and O–H groups in total. The van der Waals surface area contributed by atoms with Gasteiger partial charge < -0.3 is 25.4 Å². The number of anilines is 1. The number of aliphatic carboxylic acids is 1. The Morgan fingerprint density at radius 2 is 1.46 bits per heavy atom. The molecule has 0 atom stereocenters. The summed E-state index contributed by atoms with van der Waals surface area (Å²) in [6.45, 7) is 2.77. The number of benzene rings is 3. The number of halogens is 3. The summed E-state index contributed by atoms with van der Waals surface area (Å²) in [7, 11) is 0. The third-order valence-electron chi connectivity index (χ3n) is 6.03. The lowest BCUT2D eigenvalue weighted by Crippen LogP contribution is -2.34. The van der Waals surface area contributed by atoms with E-state index in [1.165, 1.54) is 17.0 Å². The van der Waals surface area contributed by atoms with Gasteiger partial charge in [0, 0.05) is 30.9 Å². The lowest BCUT2D eigenvalue weighted by Gasteiger charge is -2.24. The maximum absolute atomic E-state index is 13.3. The van der Waals surface area contributed by atoms with Gasteiger partial charge >= 0.3 is 18.2 Å². The lowest BCUT2D eigenvalue weighted by molar-refractivity contribution is -0.138. The standard InChI is InChI=1S/C30H32F3N3O5/c1-2-3-18-41-26-14-12-25(13-15-26)35-29(40)36(20-22-6-10-24(11-7-22)30(31,32)33)19-21-4-8-23(9-5-21)28(39)34-17-16-27(37)38/h4-15H,2-3,16-20H2,1H3,(H,34,39)(H,35,40)(H,37,38). The summed E-state index contributed by atoms with van der Waals surface area (Å²) in [6, 6.07) is 17.4. The monoisotopic (exact) mass is 571 g/mol. The first kappa shape index (κ1) is 31.0. The minimum atomic E-state index is -4.47. The van der Waals surface area contributed by atoms with Crippen molar-refractivity contribution in [2.24, 2.45) is 0 Å². The van der Waals surface area contributed by atoms with Crippen molar-refractivity contribution in [1.82, 2.24) is 10.2 Å². The van der Waals surface area contributed by atoms with Crippen LogP contribution in [0.25, 0.3) is 0 Å². The minimum absolute atomic E-state index is 0.0111. The van der Waals surface area contributed by atoms with Crippen LogP contribution in [0.1, 0.15) is 53.2 Å². The van der Waals surface area contributed by atoms with Gasteiger partial charge in [-0.05, 0) is 66.1 Å². The number of nitrogens with zero attached hydrogens (tertiary/aromatic N) is 1. The number of carbonyl (C=O) groups is 3. The Hall–Kier alpha value is -4.54. The van der Waals surface area contributed by atoms with Gasteiger partial charge in [-0.25, -0.2) is 4.79 Å². The average molecular weight is 572 g/mol. The first-order valence-electron chi connectivity index (χ1n) is 13.1. The fourth-order valence-electron chi connectivity index (χ4n) is 3.76. The lowest BCUT2D eigenvalue weighted by atomic mass is 10.1. The van der Waals surface area contributed by atoms with Crippen LogP contribution in [0, 0.1) is 0 Å². The van der Waals surface area contributed by atoms with Crippen LogP contribution in [0.3, 0.4) is 0 Å². The molecule has 0 spiro atoms. The highest BCUT2D eigenvalue weighted by Crippen LogP contribution is 2.29. The fraction of sp³-hybridized carbons (Fsp3) is 0.300. The van der Waals surface area contributed by atoms with Crippen LogP contribution in [0.2, 0.25) is 0 Å². The van der Waals surface area contributed by atoms with E-state index in [1.807, 2.05) is 0 Å². The second kappa shape index (κ2) is 14.7. The molecule has 218 valence electrons. The molecule has 3 amide bonds. The normalized spacial score (nSPS) is 11.0. The van der Waals surface area contributed by atoms with E-state index in [0.717, 1.165) is 25.0 Å². The molecule has 11 heteroatoms. The molecule has 8 nitrogen and oxygen atoms in total. The number of carbonyl (C=O) groups excluding carboxylic acids is 2. The van der Waals surface area contributed by atoms with Crippen molar-refractivity contribution in [3.8, 4) is 5.75 Å². The maximum Gasteiger partial charge on any atom is 0.416 e. The number of amides is 3. The smallest absolute Gasteiger partial charge is 0.416 e. The number of ether oxygens (including phenoxy) is 1. The van der Waals surface area contributed by atoms with Crippen molar-refractivity contribution in [2.75, 3.05) is 18.5 Å².